The number of nitrogens with zero attached hydrogens (tertiary/aromatic N) is 1. The van der Waals surface area contributed by atoms with E-state index in [1.165, 1.54) is 31.4 Å². The number of hydrogen-bond acceptors (Lipinski definition) is 7. The molecule has 0 radical (unpaired) electrons. The number of nitro groups is 1. The molecule has 37 heavy (non-hydrogen) atoms. The van der Waals surface area contributed by atoms with Crippen LogP contribution in [0.4, 0.5) is 10.5 Å². The van der Waals surface area contributed by atoms with E-state index < -0.39 is 35.0 Å². The number of benzene rings is 3. The van der Waals surface area contributed by atoms with Gasteiger partial charge in [-0.05, 0) is 16.7 Å². The van der Waals surface area contributed by atoms with Crippen molar-refractivity contribution >= 4 is 23.7 Å². The van der Waals surface area contributed by atoms with Crippen molar-refractivity contribution in [3.63, 3.8) is 0 Å². The predicted octanol–water partition coefficient (Wildman–Crippen LogP) is 3.33. The molecule has 0 spiro atoms. The van der Waals surface area contributed by atoms with E-state index in [9.17, 15) is 24.5 Å². The highest BCUT2D eigenvalue weighted by Crippen LogP contribution is 2.14. The van der Waals surface area contributed by atoms with Gasteiger partial charge in [-0.1, -0.05) is 72.8 Å². The number of nitrogens with one attached hydrogen (secondary N) is 2. The van der Waals surface area contributed by atoms with Gasteiger partial charge in [-0.25, -0.2) is 9.59 Å². The molecule has 10 nitrogen and oxygen atoms in total. The maximum Gasteiger partial charge on any atom is 0.408 e. The molecule has 0 aromatic heterocycles. The average Bonchev–Trinajstić information content (AvgIpc) is 2.92. The van der Waals surface area contributed by atoms with Crippen molar-refractivity contribution in [3.8, 4) is 0 Å². The Hall–Kier alpha value is -4.73. The molecule has 2 atom stereocenters. The van der Waals surface area contributed by atoms with Crippen LogP contribution in [-0.4, -0.2) is 42.1 Å². The fraction of sp³-hybridized carbons (Fsp3) is 0.222. The maximum absolute atomic E-state index is 13.2. The number of carbonyl (C=O) groups excluding carboxylic acids is 3. The second kappa shape index (κ2) is 13.4. The SMILES string of the molecule is COC(=O)[C@H](Cc1ccc([N+](=O)[O-])cc1)NC(=O)[C@H](Cc1ccccc1)NC(=O)OCc1ccccc1. The third-order valence-electron chi connectivity index (χ3n) is 5.49. The van der Waals surface area contributed by atoms with Gasteiger partial charge in [-0.3, -0.25) is 14.9 Å². The van der Waals surface area contributed by atoms with E-state index in [-0.39, 0.29) is 25.1 Å². The lowest BCUT2D eigenvalue weighted by atomic mass is 10.0. The molecular weight excluding hydrogens is 478 g/mol. The van der Waals surface area contributed by atoms with E-state index in [2.05, 4.69) is 10.6 Å². The Morgan fingerprint density at radius 2 is 1.32 bits per heavy atom. The molecule has 0 aliphatic carbocycles. The molecule has 2 amide bonds. The molecule has 0 heterocycles. The lowest BCUT2D eigenvalue weighted by Gasteiger charge is -2.22. The molecule has 3 aromatic rings. The van der Waals surface area contributed by atoms with Crippen molar-refractivity contribution in [2.45, 2.75) is 31.5 Å². The molecule has 2 N–H and O–H groups in total. The summed E-state index contributed by atoms with van der Waals surface area (Å²) in [5.74, 6) is -1.31. The highest BCUT2D eigenvalue weighted by Gasteiger charge is 2.28. The minimum atomic E-state index is -1.08. The summed E-state index contributed by atoms with van der Waals surface area (Å²) in [5, 5.41) is 16.1. The van der Waals surface area contributed by atoms with Gasteiger partial charge in [0.1, 0.15) is 18.7 Å². The number of nitro benzene ring substituents is 1. The van der Waals surface area contributed by atoms with Crippen LogP contribution in [0.25, 0.3) is 0 Å². The van der Waals surface area contributed by atoms with Gasteiger partial charge in [0, 0.05) is 25.0 Å². The lowest BCUT2D eigenvalue weighted by Crippen LogP contribution is -2.53. The number of esters is 1. The molecule has 0 bridgehead atoms. The predicted molar refractivity (Wildman–Crippen MR) is 134 cm³/mol. The van der Waals surface area contributed by atoms with Gasteiger partial charge in [0.15, 0.2) is 0 Å². The van der Waals surface area contributed by atoms with Gasteiger partial charge in [0.05, 0.1) is 12.0 Å². The van der Waals surface area contributed by atoms with Crippen LogP contribution in [0.3, 0.4) is 0 Å². The smallest absolute Gasteiger partial charge is 0.408 e. The van der Waals surface area contributed by atoms with E-state index in [4.69, 9.17) is 9.47 Å². The summed E-state index contributed by atoms with van der Waals surface area (Å²) in [5.41, 5.74) is 2.06. The van der Waals surface area contributed by atoms with E-state index in [1.54, 1.807) is 12.1 Å². The first kappa shape index (κ1) is 26.9. The Morgan fingerprint density at radius 3 is 1.89 bits per heavy atom. The summed E-state index contributed by atoms with van der Waals surface area (Å²) >= 11 is 0. The summed E-state index contributed by atoms with van der Waals surface area (Å²) < 4.78 is 10.1. The third kappa shape index (κ3) is 8.46. The largest absolute Gasteiger partial charge is 0.467 e. The zero-order valence-electron chi connectivity index (χ0n) is 20.2. The fourth-order valence-corrected chi connectivity index (χ4v) is 3.56. The first-order valence-corrected chi connectivity index (χ1v) is 11.5. The standard InChI is InChI=1S/C27H27N3O7/c1-36-26(32)24(17-20-12-14-22(15-13-20)30(34)35)28-25(31)23(16-19-8-4-2-5-9-19)29-27(33)37-18-21-10-6-3-7-11-21/h2-15,23-24H,16-18H2,1H3,(H,28,31)(H,29,33)/t23-,24-/m0/s1. The van der Waals surface area contributed by atoms with E-state index in [1.807, 2.05) is 48.5 Å². The number of ether oxygens (including phenoxy) is 2. The molecule has 10 heteroatoms. The normalized spacial score (nSPS) is 12.0. The first-order valence-electron chi connectivity index (χ1n) is 11.5. The van der Waals surface area contributed by atoms with Gasteiger partial charge >= 0.3 is 12.1 Å². The number of carbonyl (C=O) groups is 3. The monoisotopic (exact) mass is 505 g/mol. The molecule has 3 aromatic carbocycles. The zero-order valence-corrected chi connectivity index (χ0v) is 20.2. The van der Waals surface area contributed by atoms with Crippen molar-refractivity contribution in [3.05, 3.63) is 112 Å². The highest BCUT2D eigenvalue weighted by molar-refractivity contribution is 5.90. The summed E-state index contributed by atoms with van der Waals surface area (Å²) in [7, 11) is 1.19. The van der Waals surface area contributed by atoms with E-state index in [0.29, 0.717) is 5.56 Å². The Morgan fingerprint density at radius 1 is 0.784 bits per heavy atom. The molecule has 3 rings (SSSR count). The third-order valence-corrected chi connectivity index (χ3v) is 5.49. The zero-order chi connectivity index (χ0) is 26.6. The molecule has 192 valence electrons. The van der Waals surface area contributed by atoms with Gasteiger partial charge in [-0.2, -0.15) is 0 Å². The summed E-state index contributed by atoms with van der Waals surface area (Å²) in [6.07, 6.45) is -0.601. The number of methoxy groups -OCH3 is 1. The Labute approximate surface area is 213 Å². The molecule has 0 saturated heterocycles. The fourth-order valence-electron chi connectivity index (χ4n) is 3.56. The van der Waals surface area contributed by atoms with Crippen LogP contribution >= 0.6 is 0 Å². The van der Waals surface area contributed by atoms with Crippen molar-refractivity contribution in [2.24, 2.45) is 0 Å². The van der Waals surface area contributed by atoms with Crippen LogP contribution < -0.4 is 10.6 Å². The van der Waals surface area contributed by atoms with E-state index >= 15 is 0 Å². The van der Waals surface area contributed by atoms with Crippen molar-refractivity contribution in [1.82, 2.24) is 10.6 Å². The van der Waals surface area contributed by atoms with Crippen LogP contribution in [-0.2, 0) is 38.5 Å². The highest BCUT2D eigenvalue weighted by atomic mass is 16.6. The first-order chi connectivity index (χ1) is 17.9. The second-order valence-electron chi connectivity index (χ2n) is 8.16. The summed E-state index contributed by atoms with van der Waals surface area (Å²) in [6, 6.07) is 21.7. The molecule has 0 saturated carbocycles. The topological polar surface area (TPSA) is 137 Å². The van der Waals surface area contributed by atoms with Crippen LogP contribution in [0.2, 0.25) is 0 Å². The minimum Gasteiger partial charge on any atom is -0.467 e. The van der Waals surface area contributed by atoms with Gasteiger partial charge in [0.25, 0.3) is 5.69 Å². The number of amides is 2. The van der Waals surface area contributed by atoms with Crippen molar-refractivity contribution < 1.29 is 28.8 Å². The van der Waals surface area contributed by atoms with Gasteiger partial charge < -0.3 is 20.1 Å². The Balaban J connectivity index is 1.72. The van der Waals surface area contributed by atoms with Crippen LogP contribution in [0.5, 0.6) is 0 Å². The average molecular weight is 506 g/mol. The second-order valence-corrected chi connectivity index (χ2v) is 8.16. The molecule has 0 fully saturated rings. The summed E-state index contributed by atoms with van der Waals surface area (Å²) in [4.78, 5) is 48.6. The summed E-state index contributed by atoms with van der Waals surface area (Å²) in [6.45, 7) is 0.0251. The van der Waals surface area contributed by atoms with Gasteiger partial charge in [-0.15, -0.1) is 0 Å². The number of alkyl carbamates (subject to hydrolysis) is 1. The Kier molecular flexibility index (Phi) is 9.72. The minimum absolute atomic E-state index is 0.0251. The molecule has 0 unspecified atom stereocenters. The van der Waals surface area contributed by atoms with Crippen molar-refractivity contribution in [1.29, 1.82) is 0 Å². The van der Waals surface area contributed by atoms with Gasteiger partial charge in [0.2, 0.25) is 5.91 Å². The number of rotatable bonds is 11. The maximum atomic E-state index is 13.2. The van der Waals surface area contributed by atoms with E-state index in [0.717, 1.165) is 11.1 Å². The van der Waals surface area contributed by atoms with Crippen LogP contribution in [0, 0.1) is 10.1 Å². The van der Waals surface area contributed by atoms with Crippen molar-refractivity contribution in [2.75, 3.05) is 7.11 Å². The molecular formula is C27H27N3O7. The Bertz CT molecular complexity index is 1200. The lowest BCUT2D eigenvalue weighted by molar-refractivity contribution is -0.384. The van der Waals surface area contributed by atoms with Crippen LogP contribution in [0.1, 0.15) is 16.7 Å². The molecule has 0 aliphatic rings. The quantitative estimate of drug-likeness (QED) is 0.232. The number of non-ortho nitro benzene ring substituents is 1. The van der Waals surface area contributed by atoms with Crippen LogP contribution in [0.15, 0.2) is 84.9 Å². The number of hydrogen-bond donors (Lipinski definition) is 2. The molecule has 0 aliphatic heterocycles.